The third kappa shape index (κ3) is 1.96. The molecule has 2 aliphatic rings. The molecule has 3 rings (SSSR count). The summed E-state index contributed by atoms with van der Waals surface area (Å²) in [6, 6.07) is 7.57. The average Bonchev–Trinajstić information content (AvgIpc) is 2.62. The summed E-state index contributed by atoms with van der Waals surface area (Å²) in [4.78, 5) is 26.3. The fourth-order valence-electron chi connectivity index (χ4n) is 3.12. The molecular formula is C15H18N2O2. The normalized spacial score (nSPS) is 27.3. The lowest BCUT2D eigenvalue weighted by Gasteiger charge is -2.31. The van der Waals surface area contributed by atoms with Crippen molar-refractivity contribution in [3.63, 3.8) is 0 Å². The number of rotatable bonds is 1. The molecule has 2 heterocycles. The number of amides is 2. The molecule has 0 bridgehead atoms. The number of nitrogens with one attached hydrogen (secondary N) is 1. The molecule has 0 unspecified atom stereocenters. The minimum atomic E-state index is -0.501. The Bertz CT molecular complexity index is 533. The number of hydrogen-bond donors (Lipinski definition) is 1. The zero-order chi connectivity index (χ0) is 13.5. The van der Waals surface area contributed by atoms with Crippen LogP contribution in [0.3, 0.4) is 0 Å². The molecule has 1 spiro atoms. The molecule has 0 aromatic heterocycles. The third-order valence-corrected chi connectivity index (χ3v) is 4.13. The summed E-state index contributed by atoms with van der Waals surface area (Å²) in [6.07, 6.45) is 2.11. The molecule has 4 nitrogen and oxygen atoms in total. The van der Waals surface area contributed by atoms with Gasteiger partial charge in [0, 0.05) is 13.0 Å². The number of carbonyl (C=O) groups excluding carboxylic acids is 2. The van der Waals surface area contributed by atoms with Gasteiger partial charge in [-0.05, 0) is 44.0 Å². The zero-order valence-corrected chi connectivity index (χ0v) is 11.1. The van der Waals surface area contributed by atoms with Gasteiger partial charge in [0.25, 0.3) is 0 Å². The molecule has 2 aliphatic heterocycles. The molecule has 1 N–H and O–H groups in total. The highest BCUT2D eigenvalue weighted by Crippen LogP contribution is 2.40. The molecule has 0 saturated carbocycles. The van der Waals surface area contributed by atoms with Crippen LogP contribution in [0, 0.1) is 12.3 Å². The van der Waals surface area contributed by atoms with Crippen molar-refractivity contribution in [3.8, 4) is 0 Å². The number of carbonyl (C=O) groups is 2. The lowest BCUT2D eigenvalue weighted by atomic mass is 9.79. The SMILES string of the molecule is Cc1cccc(N2C(=O)C[C@@]3(CCCNC3)C2=O)c1. The fourth-order valence-corrected chi connectivity index (χ4v) is 3.12. The summed E-state index contributed by atoms with van der Waals surface area (Å²) in [5, 5.41) is 3.25. The second-order valence-corrected chi connectivity index (χ2v) is 5.61. The number of aryl methyl sites for hydroxylation is 1. The first-order valence-electron chi connectivity index (χ1n) is 6.77. The van der Waals surface area contributed by atoms with Gasteiger partial charge >= 0.3 is 0 Å². The molecule has 1 atom stereocenters. The molecule has 0 radical (unpaired) electrons. The standard InChI is InChI=1S/C15H18N2O2/c1-11-4-2-5-12(8-11)17-13(18)9-15(14(17)19)6-3-7-16-10-15/h2,4-5,8,16H,3,6-7,9-10H2,1H3/t15-/m1/s1. The van der Waals surface area contributed by atoms with Gasteiger partial charge in [-0.3, -0.25) is 14.5 Å². The second kappa shape index (κ2) is 4.46. The van der Waals surface area contributed by atoms with Crippen molar-refractivity contribution in [2.75, 3.05) is 18.0 Å². The van der Waals surface area contributed by atoms with E-state index >= 15 is 0 Å². The first-order chi connectivity index (χ1) is 9.12. The van der Waals surface area contributed by atoms with Crippen LogP contribution in [0.15, 0.2) is 24.3 Å². The Balaban J connectivity index is 1.95. The van der Waals surface area contributed by atoms with Crippen molar-refractivity contribution >= 4 is 17.5 Å². The molecule has 1 aromatic rings. The summed E-state index contributed by atoms with van der Waals surface area (Å²) in [6.45, 7) is 3.53. The van der Waals surface area contributed by atoms with E-state index in [1.165, 1.54) is 4.90 Å². The average molecular weight is 258 g/mol. The fraction of sp³-hybridized carbons (Fsp3) is 0.467. The van der Waals surface area contributed by atoms with E-state index in [4.69, 9.17) is 0 Å². The largest absolute Gasteiger partial charge is 0.316 e. The predicted octanol–water partition coefficient (Wildman–Crippen LogP) is 1.63. The van der Waals surface area contributed by atoms with Crippen LogP contribution in [-0.4, -0.2) is 24.9 Å². The molecule has 2 amide bonds. The number of benzene rings is 1. The van der Waals surface area contributed by atoms with Crippen molar-refractivity contribution in [2.45, 2.75) is 26.2 Å². The van der Waals surface area contributed by atoms with Gasteiger partial charge < -0.3 is 5.32 Å². The monoisotopic (exact) mass is 258 g/mol. The number of hydrogen-bond acceptors (Lipinski definition) is 3. The van der Waals surface area contributed by atoms with Crippen LogP contribution in [0.2, 0.25) is 0 Å². The van der Waals surface area contributed by atoms with E-state index in [0.29, 0.717) is 18.7 Å². The van der Waals surface area contributed by atoms with E-state index in [2.05, 4.69) is 5.32 Å². The Morgan fingerprint density at radius 1 is 1.32 bits per heavy atom. The third-order valence-electron chi connectivity index (χ3n) is 4.13. The topological polar surface area (TPSA) is 49.4 Å². The van der Waals surface area contributed by atoms with Crippen molar-refractivity contribution in [1.29, 1.82) is 0 Å². The highest BCUT2D eigenvalue weighted by atomic mass is 16.2. The van der Waals surface area contributed by atoms with E-state index in [-0.39, 0.29) is 11.8 Å². The first kappa shape index (κ1) is 12.4. The second-order valence-electron chi connectivity index (χ2n) is 5.61. The van der Waals surface area contributed by atoms with Crippen LogP contribution in [0.25, 0.3) is 0 Å². The van der Waals surface area contributed by atoms with Crippen LogP contribution < -0.4 is 10.2 Å². The van der Waals surface area contributed by atoms with E-state index in [9.17, 15) is 9.59 Å². The smallest absolute Gasteiger partial charge is 0.241 e. The highest BCUT2D eigenvalue weighted by molar-refractivity contribution is 6.22. The summed E-state index contributed by atoms with van der Waals surface area (Å²) in [5.74, 6) is -0.102. The molecule has 100 valence electrons. The van der Waals surface area contributed by atoms with Gasteiger partial charge in [-0.1, -0.05) is 12.1 Å². The number of piperidine rings is 1. The van der Waals surface area contributed by atoms with Crippen LogP contribution in [0.1, 0.15) is 24.8 Å². The van der Waals surface area contributed by atoms with Crippen LogP contribution in [0.5, 0.6) is 0 Å². The van der Waals surface area contributed by atoms with Gasteiger partial charge in [0.2, 0.25) is 11.8 Å². The van der Waals surface area contributed by atoms with Crippen LogP contribution in [0.4, 0.5) is 5.69 Å². The van der Waals surface area contributed by atoms with Crippen molar-refractivity contribution in [2.24, 2.45) is 5.41 Å². The predicted molar refractivity (Wildman–Crippen MR) is 72.8 cm³/mol. The maximum Gasteiger partial charge on any atom is 0.241 e. The lowest BCUT2D eigenvalue weighted by Crippen LogP contribution is -2.45. The Labute approximate surface area is 112 Å². The minimum Gasteiger partial charge on any atom is -0.316 e. The Morgan fingerprint density at radius 3 is 2.84 bits per heavy atom. The van der Waals surface area contributed by atoms with Gasteiger partial charge in [0.1, 0.15) is 0 Å². The van der Waals surface area contributed by atoms with E-state index in [1.807, 2.05) is 31.2 Å². The maximum atomic E-state index is 12.7. The summed E-state index contributed by atoms with van der Waals surface area (Å²) >= 11 is 0. The van der Waals surface area contributed by atoms with Crippen molar-refractivity contribution < 1.29 is 9.59 Å². The van der Waals surface area contributed by atoms with Crippen LogP contribution >= 0.6 is 0 Å². The van der Waals surface area contributed by atoms with Crippen molar-refractivity contribution in [3.05, 3.63) is 29.8 Å². The number of imide groups is 1. The molecule has 19 heavy (non-hydrogen) atoms. The van der Waals surface area contributed by atoms with E-state index in [1.54, 1.807) is 0 Å². The van der Waals surface area contributed by atoms with E-state index in [0.717, 1.165) is 24.9 Å². The molecule has 1 aromatic carbocycles. The van der Waals surface area contributed by atoms with Gasteiger partial charge in [0.05, 0.1) is 11.1 Å². The minimum absolute atomic E-state index is 0.0321. The molecular weight excluding hydrogens is 240 g/mol. The molecule has 0 aliphatic carbocycles. The Morgan fingerprint density at radius 2 is 2.16 bits per heavy atom. The highest BCUT2D eigenvalue weighted by Gasteiger charge is 2.52. The Kier molecular flexibility index (Phi) is 2.90. The van der Waals surface area contributed by atoms with Gasteiger partial charge in [-0.15, -0.1) is 0 Å². The first-order valence-corrected chi connectivity index (χ1v) is 6.77. The summed E-state index contributed by atoms with van der Waals surface area (Å²) in [5.41, 5.74) is 1.26. The summed E-state index contributed by atoms with van der Waals surface area (Å²) in [7, 11) is 0. The van der Waals surface area contributed by atoms with Crippen molar-refractivity contribution in [1.82, 2.24) is 5.32 Å². The quantitative estimate of drug-likeness (QED) is 0.779. The lowest BCUT2D eigenvalue weighted by molar-refractivity contribution is -0.126. The number of anilines is 1. The zero-order valence-electron chi connectivity index (χ0n) is 11.1. The summed E-state index contributed by atoms with van der Waals surface area (Å²) < 4.78 is 0. The molecule has 2 saturated heterocycles. The maximum absolute atomic E-state index is 12.7. The molecule has 4 heteroatoms. The van der Waals surface area contributed by atoms with Gasteiger partial charge in [-0.2, -0.15) is 0 Å². The van der Waals surface area contributed by atoms with Crippen LogP contribution in [-0.2, 0) is 9.59 Å². The molecule has 2 fully saturated rings. The number of nitrogens with zero attached hydrogens (tertiary/aromatic N) is 1. The Hall–Kier alpha value is -1.68. The van der Waals surface area contributed by atoms with E-state index < -0.39 is 5.41 Å². The van der Waals surface area contributed by atoms with Gasteiger partial charge in [-0.25, -0.2) is 0 Å². The van der Waals surface area contributed by atoms with Gasteiger partial charge in [0.15, 0.2) is 0 Å².